The van der Waals surface area contributed by atoms with Gasteiger partial charge >= 0.3 is 0 Å². The molecule has 0 aromatic heterocycles. The van der Waals surface area contributed by atoms with Crippen LogP contribution in [-0.2, 0) is 0 Å². The summed E-state index contributed by atoms with van der Waals surface area (Å²) in [6, 6.07) is 9.47. The number of hydrogen-bond donors (Lipinski definition) is 1. The van der Waals surface area contributed by atoms with Crippen molar-refractivity contribution in [3.63, 3.8) is 0 Å². The lowest BCUT2D eigenvalue weighted by Gasteiger charge is -2.15. The van der Waals surface area contributed by atoms with E-state index in [1.807, 2.05) is 0 Å². The molecule has 0 radical (unpaired) electrons. The van der Waals surface area contributed by atoms with Crippen LogP contribution >= 0.6 is 0 Å². The zero-order chi connectivity index (χ0) is 15.1. The number of nitrogens with zero attached hydrogens (tertiary/aromatic N) is 2. The number of imide groups is 1. The molecule has 0 saturated heterocycles. The van der Waals surface area contributed by atoms with Crippen molar-refractivity contribution in [1.82, 2.24) is 0 Å². The van der Waals surface area contributed by atoms with E-state index in [1.54, 1.807) is 6.07 Å². The number of halogens is 1. The zero-order valence-electron chi connectivity index (χ0n) is 10.6. The predicted molar refractivity (Wildman–Crippen MR) is 73.1 cm³/mol. The number of hydrogen-bond acceptors (Lipinski definition) is 4. The second-order valence-electron chi connectivity index (χ2n) is 4.52. The number of rotatable bonds is 1. The Balaban J connectivity index is 2.17. The minimum absolute atomic E-state index is 0.0590. The van der Waals surface area contributed by atoms with E-state index in [-0.39, 0.29) is 22.4 Å². The van der Waals surface area contributed by atoms with Crippen LogP contribution in [0.3, 0.4) is 0 Å². The number of carbonyl (C=O) groups is 2. The van der Waals surface area contributed by atoms with Gasteiger partial charge < -0.3 is 5.73 Å². The van der Waals surface area contributed by atoms with Crippen molar-refractivity contribution in [3.8, 4) is 6.07 Å². The van der Waals surface area contributed by atoms with Crippen LogP contribution in [0.5, 0.6) is 0 Å². The lowest BCUT2D eigenvalue weighted by Crippen LogP contribution is -2.30. The number of nitriles is 1. The molecule has 1 aliphatic rings. The van der Waals surface area contributed by atoms with E-state index >= 15 is 0 Å². The quantitative estimate of drug-likeness (QED) is 0.640. The Morgan fingerprint density at radius 1 is 1.05 bits per heavy atom. The summed E-state index contributed by atoms with van der Waals surface area (Å²) in [5.74, 6) is -1.75. The monoisotopic (exact) mass is 281 g/mol. The Kier molecular flexibility index (Phi) is 2.70. The van der Waals surface area contributed by atoms with Gasteiger partial charge in [-0.1, -0.05) is 0 Å². The number of benzene rings is 2. The predicted octanol–water partition coefficient (Wildman–Crippen LogP) is 2.08. The van der Waals surface area contributed by atoms with E-state index in [2.05, 4.69) is 0 Å². The summed E-state index contributed by atoms with van der Waals surface area (Å²) in [5, 5.41) is 9.05. The first-order valence-electron chi connectivity index (χ1n) is 6.01. The number of anilines is 2. The van der Waals surface area contributed by atoms with Crippen LogP contribution in [0.25, 0.3) is 0 Å². The summed E-state index contributed by atoms with van der Waals surface area (Å²) in [6.45, 7) is 0. The largest absolute Gasteiger partial charge is 0.399 e. The molecule has 0 saturated carbocycles. The zero-order valence-corrected chi connectivity index (χ0v) is 10.6. The molecule has 2 N–H and O–H groups in total. The molecule has 2 aromatic carbocycles. The summed E-state index contributed by atoms with van der Waals surface area (Å²) >= 11 is 0. The Bertz CT molecular complexity index is 839. The Hall–Kier alpha value is -3.20. The summed E-state index contributed by atoms with van der Waals surface area (Å²) in [4.78, 5) is 25.6. The van der Waals surface area contributed by atoms with Crippen LogP contribution in [0.1, 0.15) is 26.3 Å². The van der Waals surface area contributed by atoms with Crippen molar-refractivity contribution < 1.29 is 14.0 Å². The van der Waals surface area contributed by atoms with Gasteiger partial charge in [0.15, 0.2) is 0 Å². The Morgan fingerprint density at radius 3 is 2.48 bits per heavy atom. The molecule has 0 unspecified atom stereocenters. The summed E-state index contributed by atoms with van der Waals surface area (Å²) in [6.07, 6.45) is 0. The lowest BCUT2D eigenvalue weighted by molar-refractivity contribution is 0.0926. The van der Waals surface area contributed by atoms with Crippen molar-refractivity contribution in [3.05, 3.63) is 58.9 Å². The van der Waals surface area contributed by atoms with Crippen molar-refractivity contribution in [2.45, 2.75) is 0 Å². The maximum absolute atomic E-state index is 13.2. The average Bonchev–Trinajstić information content (AvgIpc) is 2.71. The molecule has 0 spiro atoms. The molecule has 21 heavy (non-hydrogen) atoms. The van der Waals surface area contributed by atoms with E-state index in [0.29, 0.717) is 5.69 Å². The lowest BCUT2D eigenvalue weighted by atomic mass is 10.1. The highest BCUT2D eigenvalue weighted by atomic mass is 19.1. The Labute approximate surface area is 119 Å². The van der Waals surface area contributed by atoms with Gasteiger partial charge in [0.2, 0.25) is 0 Å². The summed E-state index contributed by atoms with van der Waals surface area (Å²) in [5.41, 5.74) is 6.33. The highest BCUT2D eigenvalue weighted by molar-refractivity contribution is 6.35. The number of nitrogen functional groups attached to an aromatic ring is 1. The summed E-state index contributed by atoms with van der Waals surface area (Å²) in [7, 11) is 0. The van der Waals surface area contributed by atoms with Crippen LogP contribution in [0.2, 0.25) is 0 Å². The fourth-order valence-corrected chi connectivity index (χ4v) is 2.27. The standard InChI is InChI=1S/C15H8FN3O2/c16-9-1-4-13(8(5-9)7-17)19-14(20)11-3-2-10(18)6-12(11)15(19)21/h1-6H,18H2. The molecule has 6 heteroatoms. The number of amides is 2. The average molecular weight is 281 g/mol. The maximum atomic E-state index is 13.2. The molecule has 1 aliphatic heterocycles. The number of fused-ring (bicyclic) bond motifs is 1. The minimum Gasteiger partial charge on any atom is -0.399 e. The van der Waals surface area contributed by atoms with Crippen molar-refractivity contribution >= 4 is 23.2 Å². The van der Waals surface area contributed by atoms with Gasteiger partial charge in [0, 0.05) is 5.69 Å². The van der Waals surface area contributed by atoms with E-state index in [0.717, 1.165) is 17.0 Å². The minimum atomic E-state index is -0.615. The molecule has 0 atom stereocenters. The van der Waals surface area contributed by atoms with Crippen LogP contribution in [0.15, 0.2) is 36.4 Å². The second kappa shape index (κ2) is 4.42. The SMILES string of the molecule is N#Cc1cc(F)ccc1N1C(=O)c2ccc(N)cc2C1=O. The third-order valence-electron chi connectivity index (χ3n) is 3.23. The first-order chi connectivity index (χ1) is 10.0. The van der Waals surface area contributed by atoms with E-state index in [9.17, 15) is 14.0 Å². The molecule has 5 nitrogen and oxygen atoms in total. The van der Waals surface area contributed by atoms with E-state index < -0.39 is 17.6 Å². The molecule has 0 aliphatic carbocycles. The summed E-state index contributed by atoms with van der Waals surface area (Å²) < 4.78 is 13.2. The number of carbonyl (C=O) groups excluding carboxylic acids is 2. The third kappa shape index (κ3) is 1.83. The topological polar surface area (TPSA) is 87.2 Å². The number of nitrogens with two attached hydrogens (primary N) is 1. The van der Waals surface area contributed by atoms with Crippen molar-refractivity contribution in [2.75, 3.05) is 10.6 Å². The van der Waals surface area contributed by atoms with Gasteiger partial charge in [0.25, 0.3) is 11.8 Å². The van der Waals surface area contributed by atoms with Gasteiger partial charge in [-0.25, -0.2) is 9.29 Å². The first-order valence-corrected chi connectivity index (χ1v) is 6.01. The smallest absolute Gasteiger partial charge is 0.266 e. The molecule has 3 rings (SSSR count). The van der Waals surface area contributed by atoms with Crippen LogP contribution in [0, 0.1) is 17.1 Å². The molecule has 102 valence electrons. The van der Waals surface area contributed by atoms with E-state index in [4.69, 9.17) is 11.0 Å². The van der Waals surface area contributed by atoms with Gasteiger partial charge in [0.1, 0.15) is 11.9 Å². The third-order valence-corrected chi connectivity index (χ3v) is 3.23. The van der Waals surface area contributed by atoms with Crippen LogP contribution < -0.4 is 10.6 Å². The van der Waals surface area contributed by atoms with Gasteiger partial charge in [-0.05, 0) is 36.4 Å². The van der Waals surface area contributed by atoms with Gasteiger partial charge in [0.05, 0.1) is 22.4 Å². The van der Waals surface area contributed by atoms with Crippen molar-refractivity contribution in [1.29, 1.82) is 5.26 Å². The fourth-order valence-electron chi connectivity index (χ4n) is 2.27. The molecule has 0 bridgehead atoms. The van der Waals surface area contributed by atoms with Crippen LogP contribution in [-0.4, -0.2) is 11.8 Å². The molecule has 0 fully saturated rings. The first kappa shape index (κ1) is 12.8. The molecule has 1 heterocycles. The molecular formula is C15H8FN3O2. The molecular weight excluding hydrogens is 273 g/mol. The van der Waals surface area contributed by atoms with Gasteiger partial charge in [-0.2, -0.15) is 5.26 Å². The highest BCUT2D eigenvalue weighted by Gasteiger charge is 2.37. The van der Waals surface area contributed by atoms with Crippen molar-refractivity contribution in [2.24, 2.45) is 0 Å². The fraction of sp³-hybridized carbons (Fsp3) is 0. The van der Waals surface area contributed by atoms with Crippen LogP contribution in [0.4, 0.5) is 15.8 Å². The Morgan fingerprint density at radius 2 is 1.76 bits per heavy atom. The van der Waals surface area contributed by atoms with E-state index in [1.165, 1.54) is 24.3 Å². The maximum Gasteiger partial charge on any atom is 0.266 e. The second-order valence-corrected chi connectivity index (χ2v) is 4.52. The molecule has 2 amide bonds. The normalized spacial score (nSPS) is 13.2. The van der Waals surface area contributed by atoms with Gasteiger partial charge in [-0.3, -0.25) is 9.59 Å². The van der Waals surface area contributed by atoms with Gasteiger partial charge in [-0.15, -0.1) is 0 Å². The highest BCUT2D eigenvalue weighted by Crippen LogP contribution is 2.31. The molecule has 2 aromatic rings.